The van der Waals surface area contributed by atoms with E-state index in [-0.39, 0.29) is 5.56 Å². The van der Waals surface area contributed by atoms with Gasteiger partial charge in [0.1, 0.15) is 11.6 Å². The van der Waals surface area contributed by atoms with E-state index in [9.17, 15) is 4.79 Å². The second kappa shape index (κ2) is 9.99. The molecule has 0 fully saturated rings. The number of ether oxygens (including phenoxy) is 3. The van der Waals surface area contributed by atoms with Crippen LogP contribution in [0.4, 0.5) is 0 Å². The van der Waals surface area contributed by atoms with Crippen LogP contribution in [0.1, 0.15) is 17.0 Å². The van der Waals surface area contributed by atoms with Gasteiger partial charge in [-0.15, -0.1) is 0 Å². The van der Waals surface area contributed by atoms with Gasteiger partial charge in [0, 0.05) is 16.7 Å². The van der Waals surface area contributed by atoms with Crippen LogP contribution in [0.3, 0.4) is 0 Å². The molecular weight excluding hydrogens is 488 g/mol. The molecule has 0 N–H and O–H groups in total. The van der Waals surface area contributed by atoms with Gasteiger partial charge in [-0.3, -0.25) is 9.36 Å². The van der Waals surface area contributed by atoms with E-state index in [1.54, 1.807) is 44.1 Å². The van der Waals surface area contributed by atoms with E-state index in [0.717, 1.165) is 21.9 Å². The van der Waals surface area contributed by atoms with Crippen LogP contribution in [0.15, 0.2) is 71.5 Å². The quantitative estimate of drug-likeness (QED) is 0.237. The van der Waals surface area contributed by atoms with Crippen LogP contribution in [0.25, 0.3) is 39.5 Å². The summed E-state index contributed by atoms with van der Waals surface area (Å²) in [6.07, 6.45) is 3.64. The Bertz CT molecular complexity index is 1740. The molecule has 0 aliphatic carbocycles. The number of aryl methyl sites for hydroxylation is 1. The highest BCUT2D eigenvalue weighted by Crippen LogP contribution is 2.35. The number of aromatic nitrogens is 2. The molecule has 0 bridgehead atoms. The van der Waals surface area contributed by atoms with E-state index in [1.165, 1.54) is 0 Å². The maximum Gasteiger partial charge on any atom is 0.266 e. The molecule has 0 atom stereocenters. The third-order valence-corrected chi connectivity index (χ3v) is 6.54. The van der Waals surface area contributed by atoms with Crippen molar-refractivity contribution in [3.05, 3.63) is 99.1 Å². The molecule has 5 rings (SSSR count). The highest BCUT2D eigenvalue weighted by atomic mass is 35.5. The Labute approximate surface area is 219 Å². The molecule has 37 heavy (non-hydrogen) atoms. The van der Waals surface area contributed by atoms with E-state index in [4.69, 9.17) is 30.8 Å². The zero-order chi connectivity index (χ0) is 26.1. The van der Waals surface area contributed by atoms with Crippen molar-refractivity contribution in [1.29, 1.82) is 0 Å². The first kappa shape index (κ1) is 24.4. The van der Waals surface area contributed by atoms with Gasteiger partial charge in [-0.1, -0.05) is 35.9 Å². The highest BCUT2D eigenvalue weighted by Gasteiger charge is 2.15. The third-order valence-electron chi connectivity index (χ3n) is 6.31. The smallest absolute Gasteiger partial charge is 0.266 e. The van der Waals surface area contributed by atoms with Gasteiger partial charge in [-0.25, -0.2) is 4.98 Å². The molecule has 4 aromatic carbocycles. The highest BCUT2D eigenvalue weighted by molar-refractivity contribution is 6.30. The van der Waals surface area contributed by atoms with Crippen LogP contribution < -0.4 is 19.8 Å². The number of methoxy groups -OCH3 is 3. The lowest BCUT2D eigenvalue weighted by Gasteiger charge is -2.15. The normalized spacial score (nSPS) is 11.4. The van der Waals surface area contributed by atoms with Gasteiger partial charge in [0.25, 0.3) is 5.56 Å². The number of halogens is 1. The molecule has 0 radical (unpaired) electrons. The monoisotopic (exact) mass is 512 g/mol. The van der Waals surface area contributed by atoms with E-state index in [1.807, 2.05) is 67.6 Å². The van der Waals surface area contributed by atoms with Crippen molar-refractivity contribution in [3.63, 3.8) is 0 Å². The summed E-state index contributed by atoms with van der Waals surface area (Å²) >= 11 is 6.22. The molecule has 7 heteroatoms. The lowest BCUT2D eigenvalue weighted by Crippen LogP contribution is -2.23. The Morgan fingerprint density at radius 1 is 0.811 bits per heavy atom. The topological polar surface area (TPSA) is 62.6 Å². The van der Waals surface area contributed by atoms with Crippen molar-refractivity contribution in [2.45, 2.75) is 6.92 Å². The minimum Gasteiger partial charge on any atom is -0.496 e. The van der Waals surface area contributed by atoms with Crippen LogP contribution in [0.2, 0.25) is 5.02 Å². The van der Waals surface area contributed by atoms with Gasteiger partial charge in [0.05, 0.1) is 37.9 Å². The van der Waals surface area contributed by atoms with Gasteiger partial charge in [-0.2, -0.15) is 0 Å². The second-order valence-electron chi connectivity index (χ2n) is 8.54. The maximum atomic E-state index is 13.9. The van der Waals surface area contributed by atoms with Crippen LogP contribution >= 0.6 is 11.6 Å². The Balaban J connectivity index is 1.78. The largest absolute Gasteiger partial charge is 0.496 e. The van der Waals surface area contributed by atoms with Crippen LogP contribution in [0, 0.1) is 6.92 Å². The first-order chi connectivity index (χ1) is 17.9. The standard InChI is InChI=1S/C30H25ClN2O4/c1-18-13-22(31)10-11-25(18)33-29(12-9-21-16-27(36-3)28(37-4)17-26(21)35-2)32-24-15-20-8-6-5-7-19(20)14-23(24)30(33)34/h5-17H,1-4H3/b12-9+. The van der Waals surface area contributed by atoms with Gasteiger partial charge in [0.15, 0.2) is 11.5 Å². The van der Waals surface area contributed by atoms with Gasteiger partial charge in [-0.05, 0) is 71.8 Å². The first-order valence-corrected chi connectivity index (χ1v) is 12.0. The van der Waals surface area contributed by atoms with Crippen molar-refractivity contribution in [2.75, 3.05) is 21.3 Å². The zero-order valence-corrected chi connectivity index (χ0v) is 21.7. The second-order valence-corrected chi connectivity index (χ2v) is 8.98. The van der Waals surface area contributed by atoms with Crippen molar-refractivity contribution >= 4 is 45.4 Å². The van der Waals surface area contributed by atoms with Crippen molar-refractivity contribution < 1.29 is 14.2 Å². The Hall–Kier alpha value is -4.29. The molecule has 1 aromatic heterocycles. The fraction of sp³-hybridized carbons (Fsp3) is 0.133. The third kappa shape index (κ3) is 4.52. The number of nitrogens with zero attached hydrogens (tertiary/aromatic N) is 2. The Morgan fingerprint density at radius 2 is 1.49 bits per heavy atom. The molecule has 0 spiro atoms. The predicted octanol–water partition coefficient (Wildman–Crippen LogP) is 6.70. The molecular formula is C30H25ClN2O4. The number of fused-ring (bicyclic) bond motifs is 2. The Kier molecular flexibility index (Phi) is 6.59. The fourth-order valence-corrected chi connectivity index (χ4v) is 4.68. The van der Waals surface area contributed by atoms with Crippen LogP contribution in [-0.4, -0.2) is 30.9 Å². The molecule has 186 valence electrons. The van der Waals surface area contributed by atoms with Crippen LogP contribution in [0.5, 0.6) is 17.2 Å². The summed E-state index contributed by atoms with van der Waals surface area (Å²) in [7, 11) is 4.74. The summed E-state index contributed by atoms with van der Waals surface area (Å²) < 4.78 is 18.1. The first-order valence-electron chi connectivity index (χ1n) is 11.6. The molecule has 0 aliphatic rings. The molecule has 5 aromatic rings. The van der Waals surface area contributed by atoms with Gasteiger partial charge in [0.2, 0.25) is 0 Å². The van der Waals surface area contributed by atoms with Gasteiger partial charge >= 0.3 is 0 Å². The molecule has 0 unspecified atom stereocenters. The van der Waals surface area contributed by atoms with Gasteiger partial charge < -0.3 is 14.2 Å². The zero-order valence-electron chi connectivity index (χ0n) is 20.9. The summed E-state index contributed by atoms with van der Waals surface area (Å²) in [4.78, 5) is 18.9. The number of hydrogen-bond acceptors (Lipinski definition) is 5. The van der Waals surface area contributed by atoms with Crippen molar-refractivity contribution in [2.24, 2.45) is 0 Å². The van der Waals surface area contributed by atoms with E-state index < -0.39 is 0 Å². The molecule has 0 saturated carbocycles. The van der Waals surface area contributed by atoms with Crippen LogP contribution in [-0.2, 0) is 0 Å². The summed E-state index contributed by atoms with van der Waals surface area (Å²) in [5.41, 5.74) is 2.75. The number of hydrogen-bond donors (Lipinski definition) is 0. The fourth-order valence-electron chi connectivity index (χ4n) is 4.45. The minimum atomic E-state index is -0.167. The Morgan fingerprint density at radius 3 is 2.16 bits per heavy atom. The molecule has 1 heterocycles. The number of benzene rings is 4. The average molecular weight is 513 g/mol. The lowest BCUT2D eigenvalue weighted by molar-refractivity contribution is 0.348. The molecule has 6 nitrogen and oxygen atoms in total. The average Bonchev–Trinajstić information content (AvgIpc) is 2.91. The number of rotatable bonds is 6. The predicted molar refractivity (Wildman–Crippen MR) is 150 cm³/mol. The summed E-state index contributed by atoms with van der Waals surface area (Å²) in [6, 6.07) is 20.8. The summed E-state index contributed by atoms with van der Waals surface area (Å²) in [5.74, 6) is 2.18. The maximum absolute atomic E-state index is 13.9. The minimum absolute atomic E-state index is 0.167. The SMILES string of the molecule is COc1cc(OC)c(OC)cc1/C=C/c1nc2cc3ccccc3cc2c(=O)n1-c1ccc(Cl)cc1C. The summed E-state index contributed by atoms with van der Waals surface area (Å²) in [5, 5.41) is 3.13. The molecule has 0 amide bonds. The van der Waals surface area contributed by atoms with Crippen molar-refractivity contribution in [1.82, 2.24) is 9.55 Å². The molecule has 0 aliphatic heterocycles. The van der Waals surface area contributed by atoms with E-state index >= 15 is 0 Å². The van der Waals surface area contributed by atoms with E-state index in [2.05, 4.69) is 0 Å². The van der Waals surface area contributed by atoms with E-state index in [0.29, 0.717) is 44.7 Å². The van der Waals surface area contributed by atoms with Crippen molar-refractivity contribution in [3.8, 4) is 22.9 Å². The lowest BCUT2D eigenvalue weighted by atomic mass is 10.1. The molecule has 0 saturated heterocycles. The summed E-state index contributed by atoms with van der Waals surface area (Å²) in [6.45, 7) is 1.92.